The van der Waals surface area contributed by atoms with Gasteiger partial charge in [0.1, 0.15) is 10.7 Å². The van der Waals surface area contributed by atoms with Gasteiger partial charge in [0, 0.05) is 18.0 Å². The molecule has 1 N–H and O–H groups in total. The Morgan fingerprint density at radius 3 is 2.30 bits per heavy atom. The van der Waals surface area contributed by atoms with Crippen molar-refractivity contribution in [2.45, 2.75) is 4.90 Å². The zero-order valence-electron chi connectivity index (χ0n) is 13.6. The number of anilines is 1. The molecule has 0 unspecified atom stereocenters. The highest BCUT2D eigenvalue weighted by molar-refractivity contribution is 7.92. The van der Waals surface area contributed by atoms with E-state index in [9.17, 15) is 17.2 Å². The number of sulfonamides is 1. The minimum absolute atomic E-state index is 0.0338. The molecule has 3 rings (SSSR count). The second-order valence-corrected chi connectivity index (χ2v) is 7.45. The maximum atomic E-state index is 14.3. The van der Waals surface area contributed by atoms with Gasteiger partial charge in [0.2, 0.25) is 0 Å². The summed E-state index contributed by atoms with van der Waals surface area (Å²) in [4.78, 5) is 6.67. The van der Waals surface area contributed by atoms with Crippen molar-refractivity contribution in [1.29, 1.82) is 0 Å². The third-order valence-corrected chi connectivity index (χ3v) is 5.34. The number of benzene rings is 2. The van der Waals surface area contributed by atoms with Crippen molar-refractivity contribution in [2.75, 3.05) is 4.72 Å². The first-order valence-corrected chi connectivity index (χ1v) is 9.44. The van der Waals surface area contributed by atoms with Crippen LogP contribution in [0.1, 0.15) is 11.1 Å². The number of hydrogen-bond acceptors (Lipinski definition) is 4. The van der Waals surface area contributed by atoms with Crippen LogP contribution in [-0.4, -0.2) is 18.4 Å². The maximum absolute atomic E-state index is 14.3. The molecule has 0 fully saturated rings. The second-order valence-electron chi connectivity index (χ2n) is 5.39. The van der Waals surface area contributed by atoms with Crippen LogP contribution in [0.5, 0.6) is 0 Å². The van der Waals surface area contributed by atoms with Gasteiger partial charge >= 0.3 is 6.08 Å². The van der Waals surface area contributed by atoms with Crippen LogP contribution < -0.4 is 4.72 Å². The Hall–Kier alpha value is -2.84. The summed E-state index contributed by atoms with van der Waals surface area (Å²) in [5, 5.41) is 0.0338. The molecule has 0 amide bonds. The van der Waals surface area contributed by atoms with E-state index >= 15 is 0 Å². The molecule has 0 saturated heterocycles. The number of halogens is 3. The highest BCUT2D eigenvalue weighted by Gasteiger charge is 2.19. The van der Waals surface area contributed by atoms with Gasteiger partial charge in [-0.3, -0.25) is 4.72 Å². The predicted molar refractivity (Wildman–Crippen MR) is 99.6 cm³/mol. The van der Waals surface area contributed by atoms with E-state index in [1.807, 2.05) is 0 Å². The third-order valence-electron chi connectivity index (χ3n) is 3.47. The Morgan fingerprint density at radius 1 is 0.963 bits per heavy atom. The molecule has 0 aliphatic heterocycles. The van der Waals surface area contributed by atoms with E-state index in [0.717, 1.165) is 6.07 Å². The Bertz CT molecular complexity index is 1100. The van der Waals surface area contributed by atoms with E-state index in [-0.39, 0.29) is 15.6 Å². The maximum Gasteiger partial charge on any atom is 0.308 e. The largest absolute Gasteiger partial charge is 0.308 e. The van der Waals surface area contributed by atoms with E-state index in [1.54, 1.807) is 18.2 Å². The first-order valence-electron chi connectivity index (χ1n) is 7.58. The average molecular weight is 408 g/mol. The molecule has 0 aliphatic rings. The zero-order chi connectivity index (χ0) is 19.4. The molecule has 0 spiro atoms. The molecular weight excluding hydrogens is 396 g/mol. The molecule has 3 aromatic rings. The van der Waals surface area contributed by atoms with Crippen molar-refractivity contribution in [2.24, 2.45) is 0 Å². The van der Waals surface area contributed by atoms with Gasteiger partial charge in [-0.05, 0) is 29.8 Å². The minimum Gasteiger partial charge on any atom is -0.277 e. The summed E-state index contributed by atoms with van der Waals surface area (Å²) in [6.45, 7) is 0. The summed E-state index contributed by atoms with van der Waals surface area (Å²) in [6, 6.07) is 9.84. The van der Waals surface area contributed by atoms with Gasteiger partial charge in [-0.15, -0.1) is 0 Å². The van der Waals surface area contributed by atoms with Crippen molar-refractivity contribution < 1.29 is 17.2 Å². The Balaban J connectivity index is 1.81. The van der Waals surface area contributed by atoms with Crippen LogP contribution in [0, 0.1) is 11.9 Å². The van der Waals surface area contributed by atoms with Gasteiger partial charge in [0.05, 0.1) is 10.7 Å². The van der Waals surface area contributed by atoms with Gasteiger partial charge in [0.15, 0.2) is 0 Å². The fraction of sp³-hybridized carbons (Fsp3) is 0. The third kappa shape index (κ3) is 4.66. The Labute approximate surface area is 159 Å². The van der Waals surface area contributed by atoms with Crippen molar-refractivity contribution in [3.05, 3.63) is 82.9 Å². The van der Waals surface area contributed by atoms with Gasteiger partial charge in [-0.1, -0.05) is 42.0 Å². The number of nitrogens with one attached hydrogen (secondary N) is 1. The van der Waals surface area contributed by atoms with Gasteiger partial charge in [-0.2, -0.15) is 4.39 Å². The molecule has 0 radical (unpaired) electrons. The SMILES string of the molecule is O=S(=O)(Nc1ccc(/C=C/c2cnc(F)nc2)cc1F)c1ccccc1Cl. The van der Waals surface area contributed by atoms with Crippen LogP contribution in [-0.2, 0) is 10.0 Å². The minimum atomic E-state index is -4.03. The van der Waals surface area contributed by atoms with E-state index in [1.165, 1.54) is 42.7 Å². The fourth-order valence-electron chi connectivity index (χ4n) is 2.18. The van der Waals surface area contributed by atoms with Crippen LogP contribution in [0.3, 0.4) is 0 Å². The zero-order valence-corrected chi connectivity index (χ0v) is 15.2. The molecular formula is C18H12ClF2N3O2S. The predicted octanol–water partition coefficient (Wildman–Crippen LogP) is 4.38. The average Bonchev–Trinajstić information content (AvgIpc) is 2.63. The van der Waals surface area contributed by atoms with Crippen molar-refractivity contribution >= 4 is 39.5 Å². The molecule has 27 heavy (non-hydrogen) atoms. The summed E-state index contributed by atoms with van der Waals surface area (Å²) >= 11 is 5.89. The van der Waals surface area contributed by atoms with Crippen LogP contribution in [0.25, 0.3) is 12.2 Å². The van der Waals surface area contributed by atoms with Crippen LogP contribution >= 0.6 is 11.6 Å². The molecule has 138 valence electrons. The fourth-order valence-corrected chi connectivity index (χ4v) is 3.77. The summed E-state index contributed by atoms with van der Waals surface area (Å²) in [6.07, 6.45) is 4.85. The van der Waals surface area contributed by atoms with Crippen LogP contribution in [0.2, 0.25) is 5.02 Å². The first kappa shape index (κ1) is 18.9. The monoisotopic (exact) mass is 407 g/mol. The van der Waals surface area contributed by atoms with Crippen molar-refractivity contribution in [3.8, 4) is 0 Å². The van der Waals surface area contributed by atoms with E-state index < -0.39 is 21.9 Å². The summed E-state index contributed by atoms with van der Waals surface area (Å²) in [7, 11) is -4.03. The number of rotatable bonds is 5. The molecule has 1 aromatic heterocycles. The molecule has 2 aromatic carbocycles. The quantitative estimate of drug-likeness (QED) is 0.637. The van der Waals surface area contributed by atoms with E-state index in [4.69, 9.17) is 11.6 Å². The van der Waals surface area contributed by atoms with Gasteiger partial charge in [-0.25, -0.2) is 22.8 Å². The molecule has 0 bridgehead atoms. The number of hydrogen-bond donors (Lipinski definition) is 1. The van der Waals surface area contributed by atoms with Crippen molar-refractivity contribution in [1.82, 2.24) is 9.97 Å². The van der Waals surface area contributed by atoms with Gasteiger partial charge in [0.25, 0.3) is 10.0 Å². The number of aromatic nitrogens is 2. The highest BCUT2D eigenvalue weighted by atomic mass is 35.5. The van der Waals surface area contributed by atoms with Crippen LogP contribution in [0.4, 0.5) is 14.5 Å². The molecule has 0 atom stereocenters. The Morgan fingerprint density at radius 2 is 1.63 bits per heavy atom. The first-order chi connectivity index (χ1) is 12.8. The van der Waals surface area contributed by atoms with Gasteiger partial charge < -0.3 is 0 Å². The lowest BCUT2D eigenvalue weighted by Crippen LogP contribution is -2.14. The highest BCUT2D eigenvalue weighted by Crippen LogP contribution is 2.25. The molecule has 9 heteroatoms. The van der Waals surface area contributed by atoms with Crippen LogP contribution in [0.15, 0.2) is 59.8 Å². The number of nitrogens with zero attached hydrogens (tertiary/aromatic N) is 2. The Kier molecular flexibility index (Phi) is 5.48. The summed E-state index contributed by atoms with van der Waals surface area (Å²) in [5.74, 6) is -0.761. The lowest BCUT2D eigenvalue weighted by molar-refractivity contribution is 0.538. The second kappa shape index (κ2) is 7.81. The molecule has 0 saturated carbocycles. The lowest BCUT2D eigenvalue weighted by Gasteiger charge is -2.10. The summed E-state index contributed by atoms with van der Waals surface area (Å²) in [5.41, 5.74) is 0.787. The molecule has 5 nitrogen and oxygen atoms in total. The lowest BCUT2D eigenvalue weighted by atomic mass is 10.1. The van der Waals surface area contributed by atoms with Crippen molar-refractivity contribution in [3.63, 3.8) is 0 Å². The molecule has 0 aliphatic carbocycles. The van der Waals surface area contributed by atoms with E-state index in [0.29, 0.717) is 11.1 Å². The molecule has 1 heterocycles. The van der Waals surface area contributed by atoms with E-state index in [2.05, 4.69) is 14.7 Å². The normalized spacial score (nSPS) is 11.7. The standard InChI is InChI=1S/C18H12ClF2N3O2S/c19-14-3-1-2-4-17(14)27(25,26)24-16-8-7-12(9-15(16)20)5-6-13-10-22-18(21)23-11-13/h1-11,24H/b6-5+. The topological polar surface area (TPSA) is 72.0 Å². The summed E-state index contributed by atoms with van der Waals surface area (Å²) < 4.78 is 53.9. The smallest absolute Gasteiger partial charge is 0.277 e.